The van der Waals surface area contributed by atoms with E-state index in [9.17, 15) is 0 Å². The molecule has 1 saturated heterocycles. The first-order valence-electron chi connectivity index (χ1n) is 9.07. The molecule has 2 aromatic carbocycles. The van der Waals surface area contributed by atoms with Gasteiger partial charge in [0.1, 0.15) is 0 Å². The first kappa shape index (κ1) is 17.5. The molecule has 0 atom stereocenters. The van der Waals surface area contributed by atoms with Crippen molar-refractivity contribution in [3.05, 3.63) is 60.7 Å². The molecule has 4 heteroatoms. The summed E-state index contributed by atoms with van der Waals surface area (Å²) >= 11 is 0. The number of aliphatic imine (C=N–C) groups is 1. The summed E-state index contributed by atoms with van der Waals surface area (Å²) in [7, 11) is 1.84. The number of fused-ring (bicyclic) bond motifs is 1. The van der Waals surface area contributed by atoms with Crippen LogP contribution in [0.25, 0.3) is 10.8 Å². The first-order chi connectivity index (χ1) is 12.3. The van der Waals surface area contributed by atoms with Gasteiger partial charge in [0.15, 0.2) is 5.96 Å². The molecule has 1 fully saturated rings. The summed E-state index contributed by atoms with van der Waals surface area (Å²) in [4.78, 5) is 6.84. The van der Waals surface area contributed by atoms with Crippen LogP contribution in [-0.4, -0.2) is 43.6 Å². The number of nitrogens with zero attached hydrogens (tertiary/aromatic N) is 2. The van der Waals surface area contributed by atoms with E-state index in [4.69, 9.17) is 0 Å². The van der Waals surface area contributed by atoms with Gasteiger partial charge in [-0.2, -0.15) is 0 Å². The van der Waals surface area contributed by atoms with Gasteiger partial charge in [0.2, 0.25) is 0 Å². The summed E-state index contributed by atoms with van der Waals surface area (Å²) in [5.41, 5.74) is 1.29. The quantitative estimate of drug-likeness (QED) is 0.500. The van der Waals surface area contributed by atoms with E-state index in [0.717, 1.165) is 45.0 Å². The summed E-state index contributed by atoms with van der Waals surface area (Å²) in [6.07, 6.45) is 4.27. The van der Waals surface area contributed by atoms with E-state index in [0.29, 0.717) is 6.04 Å². The fourth-order valence-corrected chi connectivity index (χ4v) is 3.46. The zero-order chi connectivity index (χ0) is 17.5. The highest BCUT2D eigenvalue weighted by atomic mass is 15.2. The fourth-order valence-electron chi connectivity index (χ4n) is 3.46. The van der Waals surface area contributed by atoms with Crippen molar-refractivity contribution in [2.45, 2.75) is 25.4 Å². The molecule has 2 aromatic rings. The number of nitrogens with one attached hydrogen (secondary N) is 2. The third-order valence-corrected chi connectivity index (χ3v) is 4.87. The topological polar surface area (TPSA) is 39.7 Å². The van der Waals surface area contributed by atoms with Gasteiger partial charge >= 0.3 is 0 Å². The third-order valence-electron chi connectivity index (χ3n) is 4.87. The lowest BCUT2D eigenvalue weighted by Crippen LogP contribution is -2.48. The Morgan fingerprint density at radius 2 is 1.96 bits per heavy atom. The molecule has 0 unspecified atom stereocenters. The Hall–Kier alpha value is -2.33. The molecule has 132 valence electrons. The average molecular weight is 336 g/mol. The monoisotopic (exact) mass is 336 g/mol. The highest BCUT2D eigenvalue weighted by Gasteiger charge is 2.19. The Balaban J connectivity index is 1.55. The van der Waals surface area contributed by atoms with Crippen molar-refractivity contribution < 1.29 is 0 Å². The number of hydrogen-bond donors (Lipinski definition) is 2. The number of benzene rings is 2. The Kier molecular flexibility index (Phi) is 6.07. The molecule has 2 N–H and O–H groups in total. The molecule has 1 heterocycles. The number of guanidine groups is 1. The Morgan fingerprint density at radius 1 is 1.20 bits per heavy atom. The SMILES string of the molecule is C=CCN1CCC(NC(=NC)NCc2cccc3ccccc23)CC1. The van der Waals surface area contributed by atoms with Gasteiger partial charge in [0.05, 0.1) is 0 Å². The van der Waals surface area contributed by atoms with Crippen molar-refractivity contribution in [2.75, 3.05) is 26.7 Å². The van der Waals surface area contributed by atoms with Crippen LogP contribution in [0.3, 0.4) is 0 Å². The van der Waals surface area contributed by atoms with Crippen molar-refractivity contribution in [3.63, 3.8) is 0 Å². The molecule has 4 nitrogen and oxygen atoms in total. The van der Waals surface area contributed by atoms with Crippen molar-refractivity contribution in [3.8, 4) is 0 Å². The van der Waals surface area contributed by atoms with Gasteiger partial charge in [-0.25, -0.2) is 0 Å². The van der Waals surface area contributed by atoms with E-state index < -0.39 is 0 Å². The summed E-state index contributed by atoms with van der Waals surface area (Å²) in [6.45, 7) is 7.81. The third kappa shape index (κ3) is 4.60. The fraction of sp³-hybridized carbons (Fsp3) is 0.381. The standard InChI is InChI=1S/C21H28N4/c1-3-13-25-14-11-19(12-15-25)24-21(22-2)23-16-18-9-6-8-17-7-4-5-10-20(17)18/h3-10,19H,1,11-16H2,2H3,(H2,22,23,24). The van der Waals surface area contributed by atoms with Crippen LogP contribution in [0.4, 0.5) is 0 Å². The van der Waals surface area contributed by atoms with E-state index in [1.165, 1.54) is 16.3 Å². The van der Waals surface area contributed by atoms with Gasteiger partial charge in [-0.15, -0.1) is 6.58 Å². The van der Waals surface area contributed by atoms with Gasteiger partial charge in [-0.3, -0.25) is 9.89 Å². The molecular weight excluding hydrogens is 308 g/mol. The number of piperidine rings is 1. The Morgan fingerprint density at radius 3 is 2.72 bits per heavy atom. The van der Waals surface area contributed by atoms with Crippen LogP contribution in [0.1, 0.15) is 18.4 Å². The van der Waals surface area contributed by atoms with Crippen molar-refractivity contribution >= 4 is 16.7 Å². The van der Waals surface area contributed by atoms with Gasteiger partial charge in [-0.1, -0.05) is 48.5 Å². The zero-order valence-corrected chi connectivity index (χ0v) is 15.0. The summed E-state index contributed by atoms with van der Waals surface area (Å²) in [6, 6.07) is 15.4. The minimum atomic E-state index is 0.486. The molecule has 0 amide bonds. The predicted molar refractivity (Wildman–Crippen MR) is 107 cm³/mol. The molecule has 25 heavy (non-hydrogen) atoms. The molecule has 3 rings (SSSR count). The number of likely N-dealkylation sites (tertiary alicyclic amines) is 1. The second-order valence-corrected chi connectivity index (χ2v) is 6.57. The van der Waals surface area contributed by atoms with Gasteiger partial charge in [-0.05, 0) is 29.2 Å². The van der Waals surface area contributed by atoms with Crippen LogP contribution in [-0.2, 0) is 6.54 Å². The minimum absolute atomic E-state index is 0.486. The van der Waals surface area contributed by atoms with Crippen molar-refractivity contribution in [1.29, 1.82) is 0 Å². The van der Waals surface area contributed by atoms with E-state index in [-0.39, 0.29) is 0 Å². The van der Waals surface area contributed by atoms with Crippen LogP contribution >= 0.6 is 0 Å². The smallest absolute Gasteiger partial charge is 0.191 e. The van der Waals surface area contributed by atoms with Crippen LogP contribution in [0.15, 0.2) is 60.1 Å². The summed E-state index contributed by atoms with van der Waals surface area (Å²) < 4.78 is 0. The first-order valence-corrected chi connectivity index (χ1v) is 9.07. The Bertz CT molecular complexity index is 724. The van der Waals surface area contributed by atoms with E-state index in [1.54, 1.807) is 0 Å². The van der Waals surface area contributed by atoms with Gasteiger partial charge < -0.3 is 10.6 Å². The van der Waals surface area contributed by atoms with Crippen molar-refractivity contribution in [1.82, 2.24) is 15.5 Å². The second kappa shape index (κ2) is 8.67. The molecule has 0 aliphatic carbocycles. The van der Waals surface area contributed by atoms with Crippen LogP contribution in [0, 0.1) is 0 Å². The Labute approximate surface area is 150 Å². The molecule has 0 bridgehead atoms. The lowest BCUT2D eigenvalue weighted by molar-refractivity contribution is 0.225. The number of rotatable bonds is 5. The lowest BCUT2D eigenvalue weighted by Gasteiger charge is -2.32. The summed E-state index contributed by atoms with van der Waals surface area (Å²) in [5.74, 6) is 0.884. The summed E-state index contributed by atoms with van der Waals surface area (Å²) in [5, 5.41) is 9.62. The number of hydrogen-bond acceptors (Lipinski definition) is 2. The molecule has 0 saturated carbocycles. The maximum Gasteiger partial charge on any atom is 0.191 e. The maximum atomic E-state index is 4.40. The molecule has 1 aliphatic rings. The largest absolute Gasteiger partial charge is 0.354 e. The highest BCUT2D eigenvalue weighted by Crippen LogP contribution is 2.18. The lowest BCUT2D eigenvalue weighted by atomic mass is 10.0. The highest BCUT2D eigenvalue weighted by molar-refractivity contribution is 5.86. The van der Waals surface area contributed by atoms with E-state index >= 15 is 0 Å². The minimum Gasteiger partial charge on any atom is -0.354 e. The second-order valence-electron chi connectivity index (χ2n) is 6.57. The maximum absolute atomic E-state index is 4.40. The van der Waals surface area contributed by atoms with Crippen molar-refractivity contribution in [2.24, 2.45) is 4.99 Å². The molecule has 0 spiro atoms. The molecule has 1 aliphatic heterocycles. The van der Waals surface area contributed by atoms with Crippen LogP contribution in [0.2, 0.25) is 0 Å². The van der Waals surface area contributed by atoms with Crippen LogP contribution in [0.5, 0.6) is 0 Å². The zero-order valence-electron chi connectivity index (χ0n) is 15.0. The predicted octanol–water partition coefficient (Wildman–Crippen LogP) is 3.16. The van der Waals surface area contributed by atoms with E-state index in [2.05, 4.69) is 69.6 Å². The van der Waals surface area contributed by atoms with Crippen LogP contribution < -0.4 is 10.6 Å². The normalized spacial score (nSPS) is 16.8. The van der Waals surface area contributed by atoms with Gasteiger partial charge in [0.25, 0.3) is 0 Å². The molecule has 0 aromatic heterocycles. The van der Waals surface area contributed by atoms with E-state index in [1.807, 2.05) is 13.1 Å². The molecular formula is C21H28N4. The average Bonchev–Trinajstić information content (AvgIpc) is 2.66. The molecule has 0 radical (unpaired) electrons. The van der Waals surface area contributed by atoms with Gasteiger partial charge in [0, 0.05) is 39.3 Å².